The van der Waals surface area contributed by atoms with E-state index in [1.165, 1.54) is 0 Å². The normalized spacial score (nSPS) is 24.7. The lowest BCUT2D eigenvalue weighted by molar-refractivity contribution is 0.0554. The van der Waals surface area contributed by atoms with Crippen molar-refractivity contribution in [2.24, 2.45) is 0 Å². The summed E-state index contributed by atoms with van der Waals surface area (Å²) < 4.78 is 29.1. The van der Waals surface area contributed by atoms with Gasteiger partial charge in [-0.3, -0.25) is 4.79 Å². The van der Waals surface area contributed by atoms with Gasteiger partial charge >= 0.3 is 0 Å². The average Bonchev–Trinajstić information content (AvgIpc) is 3.12. The van der Waals surface area contributed by atoms with Crippen LogP contribution in [0.25, 0.3) is 6.08 Å². The van der Waals surface area contributed by atoms with E-state index in [-0.39, 0.29) is 12.6 Å². The van der Waals surface area contributed by atoms with Crippen molar-refractivity contribution in [1.82, 2.24) is 0 Å². The van der Waals surface area contributed by atoms with Gasteiger partial charge in [0, 0.05) is 11.6 Å². The SMILES string of the molecule is CC1(C)C=Cc2c(ccc3c2O[C@@H]2COc4cc5c(cc4[C@H]2C3=O)OCO5)O1. The molecule has 0 unspecified atom stereocenters. The first-order valence-electron chi connectivity index (χ1n) is 9.33. The summed E-state index contributed by atoms with van der Waals surface area (Å²) in [5.41, 5.74) is 1.76. The van der Waals surface area contributed by atoms with Crippen molar-refractivity contribution < 1.29 is 28.5 Å². The first-order valence-corrected chi connectivity index (χ1v) is 9.33. The third kappa shape index (κ3) is 2.11. The average molecular weight is 378 g/mol. The molecule has 0 bridgehead atoms. The number of carbonyl (C=O) groups is 1. The molecule has 0 aromatic heterocycles. The molecule has 0 saturated carbocycles. The van der Waals surface area contributed by atoms with Gasteiger partial charge < -0.3 is 23.7 Å². The molecule has 6 rings (SSSR count). The topological polar surface area (TPSA) is 63.2 Å². The maximum Gasteiger partial charge on any atom is 0.231 e. The highest BCUT2D eigenvalue weighted by Crippen LogP contribution is 2.50. The Kier molecular flexibility index (Phi) is 2.96. The lowest BCUT2D eigenvalue weighted by atomic mass is 9.81. The van der Waals surface area contributed by atoms with Crippen LogP contribution in [0.1, 0.15) is 41.3 Å². The van der Waals surface area contributed by atoms with Gasteiger partial charge in [0.1, 0.15) is 35.6 Å². The van der Waals surface area contributed by atoms with Gasteiger partial charge in [0.25, 0.3) is 0 Å². The van der Waals surface area contributed by atoms with E-state index in [1.54, 1.807) is 12.1 Å². The Morgan fingerprint density at radius 2 is 1.82 bits per heavy atom. The van der Waals surface area contributed by atoms with Crippen LogP contribution >= 0.6 is 0 Å². The van der Waals surface area contributed by atoms with Crippen molar-refractivity contribution in [3.05, 3.63) is 47.0 Å². The van der Waals surface area contributed by atoms with Gasteiger partial charge in [-0.1, -0.05) is 0 Å². The molecule has 6 heteroatoms. The number of hydrogen-bond donors (Lipinski definition) is 0. The molecule has 4 heterocycles. The highest BCUT2D eigenvalue weighted by molar-refractivity contribution is 6.06. The number of fused-ring (bicyclic) bond motifs is 7. The molecular formula is C22H18O6. The molecule has 2 aromatic carbocycles. The minimum Gasteiger partial charge on any atom is -0.489 e. The molecule has 0 radical (unpaired) electrons. The Morgan fingerprint density at radius 3 is 2.68 bits per heavy atom. The van der Waals surface area contributed by atoms with E-state index < -0.39 is 17.6 Å². The molecule has 0 N–H and O–H groups in total. The summed E-state index contributed by atoms with van der Waals surface area (Å²) >= 11 is 0. The second-order valence-corrected chi connectivity index (χ2v) is 7.95. The summed E-state index contributed by atoms with van der Waals surface area (Å²) in [5.74, 6) is 2.80. The minimum atomic E-state index is -0.436. The number of hydrogen-bond acceptors (Lipinski definition) is 6. The number of benzene rings is 2. The molecule has 0 aliphatic carbocycles. The summed E-state index contributed by atoms with van der Waals surface area (Å²) in [5, 5.41) is 0. The van der Waals surface area contributed by atoms with Crippen molar-refractivity contribution >= 4 is 11.9 Å². The standard InChI is InChI=1S/C22H18O6/c1-22(2)6-5-11-14(28-22)4-3-12-20(23)19-13-7-16-17(26-10-25-16)8-15(13)24-9-18(19)27-21(11)12/h3-8,18-19H,9-10H2,1-2H3/t18-,19-/m1/s1. The Balaban J connectivity index is 1.47. The first-order chi connectivity index (χ1) is 13.5. The zero-order chi connectivity index (χ0) is 19.0. The molecule has 28 heavy (non-hydrogen) atoms. The monoisotopic (exact) mass is 378 g/mol. The summed E-state index contributed by atoms with van der Waals surface area (Å²) in [6.07, 6.45) is 3.55. The largest absolute Gasteiger partial charge is 0.489 e. The van der Waals surface area contributed by atoms with Gasteiger partial charge in [-0.05, 0) is 44.2 Å². The van der Waals surface area contributed by atoms with E-state index in [0.717, 1.165) is 16.9 Å². The molecular weight excluding hydrogens is 360 g/mol. The number of Topliss-reactive ketones (excluding diaryl/α,β-unsaturated/α-hetero) is 1. The van der Waals surface area contributed by atoms with Gasteiger partial charge in [-0.15, -0.1) is 0 Å². The lowest BCUT2D eigenvalue weighted by Crippen LogP contribution is -2.43. The van der Waals surface area contributed by atoms with Crippen LogP contribution < -0.4 is 23.7 Å². The summed E-state index contributed by atoms with van der Waals surface area (Å²) in [7, 11) is 0. The molecule has 0 spiro atoms. The fourth-order valence-corrected chi connectivity index (χ4v) is 4.26. The lowest BCUT2D eigenvalue weighted by Gasteiger charge is -2.38. The summed E-state index contributed by atoms with van der Waals surface area (Å²) in [6.45, 7) is 4.45. The van der Waals surface area contributed by atoms with Gasteiger partial charge in [0.15, 0.2) is 17.3 Å². The number of rotatable bonds is 0. The van der Waals surface area contributed by atoms with Crippen molar-refractivity contribution in [2.45, 2.75) is 31.5 Å². The predicted molar refractivity (Wildman–Crippen MR) is 99.7 cm³/mol. The molecule has 2 atom stereocenters. The molecule has 2 aromatic rings. The minimum absolute atomic E-state index is 0.0238. The third-order valence-corrected chi connectivity index (χ3v) is 5.61. The number of carbonyl (C=O) groups excluding carboxylic acids is 1. The van der Waals surface area contributed by atoms with E-state index in [0.29, 0.717) is 35.2 Å². The molecule has 0 amide bonds. The summed E-state index contributed by atoms with van der Waals surface area (Å²) in [4.78, 5) is 13.5. The predicted octanol–water partition coefficient (Wildman–Crippen LogP) is 3.72. The highest BCUT2D eigenvalue weighted by Gasteiger charge is 2.45. The summed E-state index contributed by atoms with van der Waals surface area (Å²) in [6, 6.07) is 7.28. The Bertz CT molecular complexity index is 1070. The maximum atomic E-state index is 13.5. The van der Waals surface area contributed by atoms with Gasteiger partial charge in [0.2, 0.25) is 6.79 Å². The van der Waals surface area contributed by atoms with Crippen LogP contribution in [0.15, 0.2) is 30.3 Å². The van der Waals surface area contributed by atoms with E-state index in [1.807, 2.05) is 38.1 Å². The van der Waals surface area contributed by atoms with Crippen molar-refractivity contribution in [1.29, 1.82) is 0 Å². The highest BCUT2D eigenvalue weighted by atomic mass is 16.7. The Morgan fingerprint density at radius 1 is 1.00 bits per heavy atom. The first kappa shape index (κ1) is 15.9. The molecule has 6 nitrogen and oxygen atoms in total. The van der Waals surface area contributed by atoms with Gasteiger partial charge in [-0.2, -0.15) is 0 Å². The second kappa shape index (κ2) is 5.22. The van der Waals surface area contributed by atoms with Crippen LogP contribution in [-0.2, 0) is 0 Å². The van der Waals surface area contributed by atoms with Crippen molar-refractivity contribution in [3.63, 3.8) is 0 Å². The zero-order valence-corrected chi connectivity index (χ0v) is 15.5. The van der Waals surface area contributed by atoms with E-state index in [2.05, 4.69) is 0 Å². The van der Waals surface area contributed by atoms with Crippen LogP contribution in [-0.4, -0.2) is 30.9 Å². The third-order valence-electron chi connectivity index (χ3n) is 5.61. The van der Waals surface area contributed by atoms with Crippen LogP contribution in [0.3, 0.4) is 0 Å². The fourth-order valence-electron chi connectivity index (χ4n) is 4.26. The maximum absolute atomic E-state index is 13.5. The molecule has 0 fully saturated rings. The van der Waals surface area contributed by atoms with Crippen molar-refractivity contribution in [2.75, 3.05) is 13.4 Å². The number of ketones is 1. The molecule has 0 saturated heterocycles. The second-order valence-electron chi connectivity index (χ2n) is 7.95. The van der Waals surface area contributed by atoms with E-state index in [9.17, 15) is 4.79 Å². The Labute approximate surface area is 161 Å². The van der Waals surface area contributed by atoms with Crippen LogP contribution in [0, 0.1) is 0 Å². The van der Waals surface area contributed by atoms with Crippen molar-refractivity contribution in [3.8, 4) is 28.7 Å². The van der Waals surface area contributed by atoms with Gasteiger partial charge in [0.05, 0.1) is 17.0 Å². The fraction of sp³-hybridized carbons (Fsp3) is 0.318. The van der Waals surface area contributed by atoms with Crippen LogP contribution in [0.4, 0.5) is 0 Å². The van der Waals surface area contributed by atoms with Crippen LogP contribution in [0.5, 0.6) is 28.7 Å². The quantitative estimate of drug-likeness (QED) is 0.696. The molecule has 4 aliphatic rings. The molecule has 4 aliphatic heterocycles. The van der Waals surface area contributed by atoms with E-state index in [4.69, 9.17) is 23.7 Å². The van der Waals surface area contributed by atoms with Crippen LogP contribution in [0.2, 0.25) is 0 Å². The molecule has 142 valence electrons. The zero-order valence-electron chi connectivity index (χ0n) is 15.5. The smallest absolute Gasteiger partial charge is 0.231 e. The van der Waals surface area contributed by atoms with E-state index >= 15 is 0 Å². The number of ether oxygens (including phenoxy) is 5. The van der Waals surface area contributed by atoms with Gasteiger partial charge in [-0.25, -0.2) is 0 Å². The Hall–Kier alpha value is -3.15.